The standard InChI is InChI=1S/C22H24N2/c1-23-21-13-11-18(12-14-21)7-5-6-10-22-17-20(15-16-24-22)19-8-3-2-4-9-19/h2-4,8-9,11-15,22-24H,6,10,16-17H2,1H3. The minimum atomic E-state index is 0.520. The van der Waals surface area contributed by atoms with E-state index < -0.39 is 0 Å². The van der Waals surface area contributed by atoms with Crippen molar-refractivity contribution in [2.24, 2.45) is 0 Å². The van der Waals surface area contributed by atoms with Crippen LogP contribution in [0.25, 0.3) is 5.57 Å². The molecular weight excluding hydrogens is 292 g/mol. The van der Waals surface area contributed by atoms with Crippen molar-refractivity contribution < 1.29 is 0 Å². The highest BCUT2D eigenvalue weighted by Crippen LogP contribution is 2.23. The van der Waals surface area contributed by atoms with Crippen molar-refractivity contribution in [3.8, 4) is 11.8 Å². The minimum absolute atomic E-state index is 0.520. The SMILES string of the molecule is CNc1ccc(C#CCCC2CC(c3ccccc3)=CCN2)cc1. The average molecular weight is 316 g/mol. The molecule has 2 aromatic rings. The summed E-state index contributed by atoms with van der Waals surface area (Å²) in [6.07, 6.45) is 5.41. The monoisotopic (exact) mass is 316 g/mol. The molecule has 0 saturated heterocycles. The van der Waals surface area contributed by atoms with E-state index in [4.69, 9.17) is 0 Å². The number of nitrogens with one attached hydrogen (secondary N) is 2. The van der Waals surface area contributed by atoms with E-state index in [-0.39, 0.29) is 0 Å². The maximum Gasteiger partial charge on any atom is 0.0338 e. The molecule has 0 spiro atoms. The van der Waals surface area contributed by atoms with Gasteiger partial charge in [0.2, 0.25) is 0 Å². The van der Waals surface area contributed by atoms with Crippen molar-refractivity contribution in [3.05, 3.63) is 71.8 Å². The molecule has 3 rings (SSSR count). The van der Waals surface area contributed by atoms with Gasteiger partial charge in [0.05, 0.1) is 0 Å². The third-order valence-electron chi connectivity index (χ3n) is 4.39. The van der Waals surface area contributed by atoms with Gasteiger partial charge in [-0.3, -0.25) is 0 Å². The van der Waals surface area contributed by atoms with E-state index >= 15 is 0 Å². The van der Waals surface area contributed by atoms with Gasteiger partial charge in [0.15, 0.2) is 0 Å². The Hall–Kier alpha value is -2.50. The highest BCUT2D eigenvalue weighted by Gasteiger charge is 2.14. The molecule has 0 aliphatic carbocycles. The third kappa shape index (κ3) is 4.50. The maximum atomic E-state index is 3.58. The first-order chi connectivity index (χ1) is 11.8. The van der Waals surface area contributed by atoms with Crippen LogP contribution in [-0.2, 0) is 0 Å². The molecule has 1 atom stereocenters. The summed E-state index contributed by atoms with van der Waals surface area (Å²) in [4.78, 5) is 0. The second-order valence-corrected chi connectivity index (χ2v) is 6.07. The zero-order valence-corrected chi connectivity index (χ0v) is 14.2. The van der Waals surface area contributed by atoms with E-state index in [0.29, 0.717) is 6.04 Å². The summed E-state index contributed by atoms with van der Waals surface area (Å²) in [6, 6.07) is 19.4. The Bertz CT molecular complexity index is 733. The number of hydrogen-bond donors (Lipinski definition) is 2. The van der Waals surface area contributed by atoms with Crippen molar-refractivity contribution >= 4 is 11.3 Å². The Labute approximate surface area is 145 Å². The Kier molecular flexibility index (Phi) is 5.71. The predicted molar refractivity (Wildman–Crippen MR) is 103 cm³/mol. The van der Waals surface area contributed by atoms with Crippen LogP contribution in [0.1, 0.15) is 30.4 Å². The zero-order chi connectivity index (χ0) is 16.6. The molecule has 0 amide bonds. The topological polar surface area (TPSA) is 24.1 Å². The molecule has 0 fully saturated rings. The number of anilines is 1. The summed E-state index contributed by atoms with van der Waals surface area (Å²) in [5.74, 6) is 6.57. The molecule has 2 aromatic carbocycles. The molecule has 1 aliphatic rings. The number of rotatable bonds is 4. The van der Waals surface area contributed by atoms with Gasteiger partial charge in [-0.2, -0.15) is 0 Å². The van der Waals surface area contributed by atoms with Crippen molar-refractivity contribution in [1.82, 2.24) is 5.32 Å². The molecule has 1 heterocycles. The van der Waals surface area contributed by atoms with Crippen molar-refractivity contribution in [2.45, 2.75) is 25.3 Å². The normalized spacial score (nSPS) is 16.7. The number of benzene rings is 2. The van der Waals surface area contributed by atoms with Crippen molar-refractivity contribution in [2.75, 3.05) is 18.9 Å². The van der Waals surface area contributed by atoms with Gasteiger partial charge >= 0.3 is 0 Å². The molecule has 0 aromatic heterocycles. The third-order valence-corrected chi connectivity index (χ3v) is 4.39. The van der Waals surface area contributed by atoms with Crippen LogP contribution < -0.4 is 10.6 Å². The lowest BCUT2D eigenvalue weighted by atomic mass is 9.93. The second-order valence-electron chi connectivity index (χ2n) is 6.07. The molecule has 1 unspecified atom stereocenters. The summed E-state index contributed by atoms with van der Waals surface area (Å²) in [6.45, 7) is 0.952. The number of hydrogen-bond acceptors (Lipinski definition) is 2. The maximum absolute atomic E-state index is 3.58. The largest absolute Gasteiger partial charge is 0.388 e. The van der Waals surface area contributed by atoms with Gasteiger partial charge in [0, 0.05) is 37.3 Å². The lowest BCUT2D eigenvalue weighted by Gasteiger charge is -2.24. The van der Waals surface area contributed by atoms with Gasteiger partial charge < -0.3 is 10.6 Å². The van der Waals surface area contributed by atoms with E-state index in [9.17, 15) is 0 Å². The van der Waals surface area contributed by atoms with Gasteiger partial charge in [-0.25, -0.2) is 0 Å². The van der Waals surface area contributed by atoms with Crippen LogP contribution in [0.15, 0.2) is 60.7 Å². The Morgan fingerprint density at radius 1 is 1.08 bits per heavy atom. The van der Waals surface area contributed by atoms with E-state index in [0.717, 1.165) is 37.1 Å². The molecule has 0 saturated carbocycles. The van der Waals surface area contributed by atoms with E-state index in [2.05, 4.69) is 83.1 Å². The fraction of sp³-hybridized carbons (Fsp3) is 0.273. The predicted octanol–water partition coefficient (Wildman–Crippen LogP) is 4.31. The Balaban J connectivity index is 1.51. The first kappa shape index (κ1) is 16.4. The molecule has 1 aliphatic heterocycles. The van der Waals surface area contributed by atoms with E-state index in [1.54, 1.807) is 0 Å². The molecule has 0 radical (unpaired) electrons. The second kappa shape index (κ2) is 8.38. The van der Waals surface area contributed by atoms with Crippen LogP contribution in [-0.4, -0.2) is 19.6 Å². The Morgan fingerprint density at radius 2 is 1.88 bits per heavy atom. The lowest BCUT2D eigenvalue weighted by molar-refractivity contribution is 0.508. The van der Waals surface area contributed by atoms with E-state index in [1.807, 2.05) is 7.05 Å². The van der Waals surface area contributed by atoms with Crippen LogP contribution >= 0.6 is 0 Å². The molecule has 2 nitrogen and oxygen atoms in total. The quantitative estimate of drug-likeness (QED) is 0.822. The van der Waals surface area contributed by atoms with Crippen LogP contribution in [0.2, 0.25) is 0 Å². The molecule has 2 N–H and O–H groups in total. The molecule has 0 bridgehead atoms. The zero-order valence-electron chi connectivity index (χ0n) is 14.2. The average Bonchev–Trinajstić information content (AvgIpc) is 2.67. The van der Waals surface area contributed by atoms with Gasteiger partial charge in [-0.1, -0.05) is 48.2 Å². The van der Waals surface area contributed by atoms with E-state index in [1.165, 1.54) is 11.1 Å². The first-order valence-corrected chi connectivity index (χ1v) is 8.59. The summed E-state index contributed by atoms with van der Waals surface area (Å²) in [7, 11) is 1.93. The van der Waals surface area contributed by atoms with Crippen molar-refractivity contribution in [1.29, 1.82) is 0 Å². The molecular formula is C22H24N2. The Morgan fingerprint density at radius 3 is 2.62 bits per heavy atom. The van der Waals surface area contributed by atoms with Gasteiger partial charge in [-0.15, -0.1) is 0 Å². The van der Waals surface area contributed by atoms with Crippen molar-refractivity contribution in [3.63, 3.8) is 0 Å². The van der Waals surface area contributed by atoms with Crippen LogP contribution in [0, 0.1) is 11.8 Å². The van der Waals surface area contributed by atoms with Gasteiger partial charge in [0.25, 0.3) is 0 Å². The summed E-state index contributed by atoms with van der Waals surface area (Å²) in [5.41, 5.74) is 5.00. The molecule has 122 valence electrons. The lowest BCUT2D eigenvalue weighted by Crippen LogP contribution is -2.32. The minimum Gasteiger partial charge on any atom is -0.388 e. The highest BCUT2D eigenvalue weighted by molar-refractivity contribution is 5.66. The van der Waals surface area contributed by atoms with Gasteiger partial charge in [-0.05, 0) is 48.2 Å². The summed E-state index contributed by atoms with van der Waals surface area (Å²) < 4.78 is 0. The highest BCUT2D eigenvalue weighted by atomic mass is 14.9. The fourth-order valence-corrected chi connectivity index (χ4v) is 2.99. The fourth-order valence-electron chi connectivity index (χ4n) is 2.99. The summed E-state index contributed by atoms with van der Waals surface area (Å²) in [5, 5.41) is 6.70. The van der Waals surface area contributed by atoms with Crippen LogP contribution in [0.5, 0.6) is 0 Å². The smallest absolute Gasteiger partial charge is 0.0338 e. The van der Waals surface area contributed by atoms with Gasteiger partial charge in [0.1, 0.15) is 0 Å². The molecule has 24 heavy (non-hydrogen) atoms. The van der Waals surface area contributed by atoms with Crippen LogP contribution in [0.4, 0.5) is 5.69 Å². The first-order valence-electron chi connectivity index (χ1n) is 8.59. The van der Waals surface area contributed by atoms with Crippen LogP contribution in [0.3, 0.4) is 0 Å². The summed E-state index contributed by atoms with van der Waals surface area (Å²) >= 11 is 0. The molecule has 2 heteroatoms.